The average Bonchev–Trinajstić information content (AvgIpc) is 2.59. The van der Waals surface area contributed by atoms with Crippen molar-refractivity contribution in [3.8, 4) is 0 Å². The third kappa shape index (κ3) is 6.19. The number of nitro benzene ring substituents is 1. The molecule has 10 heteroatoms. The summed E-state index contributed by atoms with van der Waals surface area (Å²) < 4.78 is 11.5. The van der Waals surface area contributed by atoms with Crippen molar-refractivity contribution in [1.29, 1.82) is 0 Å². The summed E-state index contributed by atoms with van der Waals surface area (Å²) in [5.41, 5.74) is 0.859. The molecule has 0 bridgehead atoms. The molecule has 2 amide bonds. The maximum absolute atomic E-state index is 12.1. The summed E-state index contributed by atoms with van der Waals surface area (Å²) in [5, 5.41) is 16.5. The van der Waals surface area contributed by atoms with Crippen LogP contribution in [0.15, 0.2) is 52.3 Å². The van der Waals surface area contributed by atoms with Gasteiger partial charge in [-0.25, -0.2) is 0 Å². The molecule has 2 N–H and O–H groups in total. The number of nitrogens with zero attached hydrogens (tertiary/aromatic N) is 1. The van der Waals surface area contributed by atoms with Crippen molar-refractivity contribution >= 4 is 51.4 Å². The molecular weight excluding hydrogens is 390 g/mol. The van der Waals surface area contributed by atoms with Crippen LogP contribution in [-0.4, -0.2) is 33.0 Å². The van der Waals surface area contributed by atoms with Gasteiger partial charge in [0.1, 0.15) is 0 Å². The standard InChI is InChI=1S/C17H17N3O5S2/c1-11(21)18-12-4-3-5-13(8-12)19-17(22)10-26-16-7-6-14(27(2)25)9-15(16)20(23)24/h3-9H,10H2,1-2H3,(H,18,21)(H,19,22). The van der Waals surface area contributed by atoms with Gasteiger partial charge < -0.3 is 10.6 Å². The van der Waals surface area contributed by atoms with Crippen LogP contribution in [0.4, 0.5) is 17.1 Å². The second-order valence-corrected chi connectivity index (χ2v) is 7.84. The fourth-order valence-electron chi connectivity index (χ4n) is 2.16. The van der Waals surface area contributed by atoms with E-state index in [4.69, 9.17) is 0 Å². The topological polar surface area (TPSA) is 118 Å². The van der Waals surface area contributed by atoms with Gasteiger partial charge in [-0.3, -0.25) is 23.9 Å². The maximum Gasteiger partial charge on any atom is 0.284 e. The van der Waals surface area contributed by atoms with Crippen molar-refractivity contribution in [2.75, 3.05) is 22.6 Å². The first-order valence-corrected chi connectivity index (χ1v) is 10.2. The number of nitrogens with one attached hydrogen (secondary N) is 2. The SMILES string of the molecule is CC(=O)Nc1cccc(NC(=O)CSc2ccc(S(C)=O)cc2[N+](=O)[O-])c1. The van der Waals surface area contributed by atoms with Crippen molar-refractivity contribution in [1.82, 2.24) is 0 Å². The van der Waals surface area contributed by atoms with E-state index in [9.17, 15) is 23.9 Å². The lowest BCUT2D eigenvalue weighted by Gasteiger charge is -2.08. The second-order valence-electron chi connectivity index (χ2n) is 5.44. The molecule has 1 atom stereocenters. The highest BCUT2D eigenvalue weighted by molar-refractivity contribution is 8.00. The normalized spacial score (nSPS) is 11.5. The van der Waals surface area contributed by atoms with Crippen molar-refractivity contribution in [2.24, 2.45) is 0 Å². The summed E-state index contributed by atoms with van der Waals surface area (Å²) in [4.78, 5) is 34.5. The number of benzene rings is 2. The van der Waals surface area contributed by atoms with Gasteiger partial charge >= 0.3 is 0 Å². The van der Waals surface area contributed by atoms with Gasteiger partial charge in [0.2, 0.25) is 11.8 Å². The fraction of sp³-hybridized carbons (Fsp3) is 0.176. The largest absolute Gasteiger partial charge is 0.326 e. The van der Waals surface area contributed by atoms with Crippen LogP contribution in [0, 0.1) is 10.1 Å². The Hall–Kier alpha value is -2.72. The van der Waals surface area contributed by atoms with E-state index < -0.39 is 15.7 Å². The summed E-state index contributed by atoms with van der Waals surface area (Å²) in [5.74, 6) is -0.616. The third-order valence-corrected chi connectivity index (χ3v) is 5.27. The maximum atomic E-state index is 12.1. The molecular formula is C17H17N3O5S2. The van der Waals surface area contributed by atoms with Crippen LogP contribution < -0.4 is 10.6 Å². The molecule has 0 radical (unpaired) electrons. The van der Waals surface area contributed by atoms with E-state index in [1.165, 1.54) is 25.3 Å². The lowest BCUT2D eigenvalue weighted by Crippen LogP contribution is -2.14. The van der Waals surface area contributed by atoms with E-state index in [1.807, 2.05) is 0 Å². The number of rotatable bonds is 7. The minimum absolute atomic E-state index is 0.0419. The predicted octanol–water partition coefficient (Wildman–Crippen LogP) is 3.02. The molecule has 0 aliphatic heterocycles. The van der Waals surface area contributed by atoms with E-state index in [0.717, 1.165) is 11.8 Å². The Bertz CT molecular complexity index is 917. The molecule has 0 saturated heterocycles. The van der Waals surface area contributed by atoms with Crippen LogP contribution in [0.25, 0.3) is 0 Å². The van der Waals surface area contributed by atoms with Crippen LogP contribution >= 0.6 is 11.8 Å². The lowest BCUT2D eigenvalue weighted by atomic mass is 10.2. The van der Waals surface area contributed by atoms with Gasteiger partial charge in [-0.1, -0.05) is 6.07 Å². The number of hydrogen-bond donors (Lipinski definition) is 2. The van der Waals surface area contributed by atoms with Crippen molar-refractivity contribution in [3.05, 3.63) is 52.6 Å². The number of thioether (sulfide) groups is 1. The fourth-order valence-corrected chi connectivity index (χ4v) is 3.50. The summed E-state index contributed by atoms with van der Waals surface area (Å²) >= 11 is 1.02. The Kier molecular flexibility index (Phi) is 7.08. The summed E-state index contributed by atoms with van der Waals surface area (Å²) in [6.07, 6.45) is 1.44. The first kappa shape index (κ1) is 20.6. The molecule has 0 aliphatic rings. The number of carbonyl (C=O) groups excluding carboxylic acids is 2. The van der Waals surface area contributed by atoms with E-state index in [2.05, 4.69) is 10.6 Å². The van der Waals surface area contributed by atoms with Crippen molar-refractivity contribution in [2.45, 2.75) is 16.7 Å². The van der Waals surface area contributed by atoms with Gasteiger partial charge in [0.05, 0.1) is 26.4 Å². The van der Waals surface area contributed by atoms with Crippen LogP contribution in [0.1, 0.15) is 6.92 Å². The van der Waals surface area contributed by atoms with Gasteiger partial charge in [-0.15, -0.1) is 11.8 Å². The minimum atomic E-state index is -1.33. The molecule has 0 aliphatic carbocycles. The number of nitro groups is 1. The van der Waals surface area contributed by atoms with Crippen molar-refractivity contribution in [3.63, 3.8) is 0 Å². The van der Waals surface area contributed by atoms with Crippen molar-refractivity contribution < 1.29 is 18.7 Å². The molecule has 2 aromatic rings. The lowest BCUT2D eigenvalue weighted by molar-refractivity contribution is -0.387. The average molecular weight is 407 g/mol. The second kappa shape index (κ2) is 9.28. The Morgan fingerprint density at radius 2 is 1.81 bits per heavy atom. The number of anilines is 2. The minimum Gasteiger partial charge on any atom is -0.326 e. The Morgan fingerprint density at radius 1 is 1.15 bits per heavy atom. The molecule has 2 aromatic carbocycles. The molecule has 1 unspecified atom stereocenters. The van der Waals surface area contributed by atoms with Crippen LogP contribution in [0.2, 0.25) is 0 Å². The summed E-state index contributed by atoms with van der Waals surface area (Å²) in [6.45, 7) is 1.38. The molecule has 27 heavy (non-hydrogen) atoms. The van der Waals surface area contributed by atoms with E-state index in [1.54, 1.807) is 30.3 Å². The van der Waals surface area contributed by atoms with E-state index in [0.29, 0.717) is 21.2 Å². The monoisotopic (exact) mass is 407 g/mol. The number of amides is 2. The molecule has 142 valence electrons. The highest BCUT2D eigenvalue weighted by Gasteiger charge is 2.17. The van der Waals surface area contributed by atoms with Crippen LogP contribution in [0.3, 0.4) is 0 Å². The first-order chi connectivity index (χ1) is 12.8. The zero-order chi connectivity index (χ0) is 20.0. The first-order valence-electron chi connectivity index (χ1n) is 7.68. The Labute approximate surface area is 162 Å². The molecule has 0 spiro atoms. The zero-order valence-corrected chi connectivity index (χ0v) is 16.2. The molecule has 2 rings (SSSR count). The number of hydrogen-bond acceptors (Lipinski definition) is 6. The van der Waals surface area contributed by atoms with Gasteiger partial charge in [0, 0.05) is 35.5 Å². The third-order valence-electron chi connectivity index (χ3n) is 3.28. The highest BCUT2D eigenvalue weighted by Crippen LogP contribution is 2.31. The smallest absolute Gasteiger partial charge is 0.284 e. The Morgan fingerprint density at radius 3 is 2.41 bits per heavy atom. The van der Waals surface area contributed by atoms with Gasteiger partial charge in [0.25, 0.3) is 5.69 Å². The Balaban J connectivity index is 2.04. The summed E-state index contributed by atoms with van der Waals surface area (Å²) in [6, 6.07) is 10.9. The number of carbonyl (C=O) groups is 2. The zero-order valence-electron chi connectivity index (χ0n) is 14.6. The van der Waals surface area contributed by atoms with Crippen LogP contribution in [0.5, 0.6) is 0 Å². The van der Waals surface area contributed by atoms with Gasteiger partial charge in [-0.2, -0.15) is 0 Å². The quantitative estimate of drug-likeness (QED) is 0.414. The molecule has 0 aromatic heterocycles. The summed E-state index contributed by atoms with van der Waals surface area (Å²) in [7, 11) is -1.33. The molecule has 8 nitrogen and oxygen atoms in total. The predicted molar refractivity (Wildman–Crippen MR) is 106 cm³/mol. The van der Waals surface area contributed by atoms with E-state index >= 15 is 0 Å². The van der Waals surface area contributed by atoms with Gasteiger partial charge in [0.15, 0.2) is 0 Å². The van der Waals surface area contributed by atoms with Crippen LogP contribution in [-0.2, 0) is 20.4 Å². The van der Waals surface area contributed by atoms with Gasteiger partial charge in [-0.05, 0) is 30.3 Å². The molecule has 0 fully saturated rings. The molecule has 0 saturated carbocycles. The van der Waals surface area contributed by atoms with E-state index in [-0.39, 0.29) is 23.3 Å². The molecule has 0 heterocycles. The highest BCUT2D eigenvalue weighted by atomic mass is 32.2.